The van der Waals surface area contributed by atoms with Crippen LogP contribution in [0.2, 0.25) is 5.02 Å². The number of nitro groups is 1. The summed E-state index contributed by atoms with van der Waals surface area (Å²) < 4.78 is 5.69. The van der Waals surface area contributed by atoms with Crippen molar-refractivity contribution in [3.05, 3.63) is 33.3 Å². The van der Waals surface area contributed by atoms with Crippen molar-refractivity contribution >= 4 is 23.0 Å². The number of anilines is 1. The van der Waals surface area contributed by atoms with Gasteiger partial charge in [-0.2, -0.15) is 0 Å². The van der Waals surface area contributed by atoms with Crippen molar-refractivity contribution < 1.29 is 9.66 Å². The van der Waals surface area contributed by atoms with Crippen molar-refractivity contribution in [3.63, 3.8) is 0 Å². The SMILES string of the molecule is O=[N+]([O-])c1ccc(Cl)cc1NCCOC1CCCC1. The highest BCUT2D eigenvalue weighted by atomic mass is 35.5. The van der Waals surface area contributed by atoms with Crippen molar-refractivity contribution in [1.82, 2.24) is 0 Å². The van der Waals surface area contributed by atoms with Crippen LogP contribution in [0.5, 0.6) is 0 Å². The summed E-state index contributed by atoms with van der Waals surface area (Å²) in [4.78, 5) is 10.4. The average Bonchev–Trinajstić information content (AvgIpc) is 2.87. The van der Waals surface area contributed by atoms with Crippen LogP contribution in [-0.4, -0.2) is 24.2 Å². The minimum absolute atomic E-state index is 0.0327. The van der Waals surface area contributed by atoms with Crippen LogP contribution in [0, 0.1) is 10.1 Å². The van der Waals surface area contributed by atoms with Crippen molar-refractivity contribution in [2.24, 2.45) is 0 Å². The fraction of sp³-hybridized carbons (Fsp3) is 0.538. The van der Waals surface area contributed by atoms with E-state index in [0.29, 0.717) is 30.0 Å². The molecule has 5 nitrogen and oxygen atoms in total. The summed E-state index contributed by atoms with van der Waals surface area (Å²) in [5, 5.41) is 14.4. The maximum Gasteiger partial charge on any atom is 0.292 e. The lowest BCUT2D eigenvalue weighted by Gasteiger charge is -2.12. The van der Waals surface area contributed by atoms with E-state index in [9.17, 15) is 10.1 Å². The summed E-state index contributed by atoms with van der Waals surface area (Å²) >= 11 is 5.84. The molecule has 0 aromatic heterocycles. The Bertz CT molecular complexity index is 448. The van der Waals surface area contributed by atoms with E-state index < -0.39 is 4.92 Å². The molecule has 1 aromatic carbocycles. The molecule has 0 aliphatic heterocycles. The van der Waals surface area contributed by atoms with E-state index in [4.69, 9.17) is 16.3 Å². The Morgan fingerprint density at radius 2 is 2.16 bits per heavy atom. The summed E-state index contributed by atoms with van der Waals surface area (Å²) in [6.07, 6.45) is 5.07. The Hall–Kier alpha value is -1.33. The van der Waals surface area contributed by atoms with Gasteiger partial charge in [0.05, 0.1) is 17.6 Å². The quantitative estimate of drug-likeness (QED) is 0.492. The number of nitrogens with zero attached hydrogens (tertiary/aromatic N) is 1. The molecule has 0 atom stereocenters. The van der Waals surface area contributed by atoms with Crippen LogP contribution in [0.25, 0.3) is 0 Å². The second kappa shape index (κ2) is 6.73. The third kappa shape index (κ3) is 4.08. The first-order chi connectivity index (χ1) is 9.16. The summed E-state index contributed by atoms with van der Waals surface area (Å²) in [5.41, 5.74) is 0.470. The standard InChI is InChI=1S/C13H17ClN2O3/c14-10-5-6-13(16(17)18)12(9-10)15-7-8-19-11-3-1-2-4-11/h5-6,9,11,15H,1-4,7-8H2. The lowest BCUT2D eigenvalue weighted by Crippen LogP contribution is -2.15. The zero-order valence-electron chi connectivity index (χ0n) is 10.6. The molecule has 1 aliphatic carbocycles. The Kier molecular flexibility index (Phi) is 4.99. The fourth-order valence-electron chi connectivity index (χ4n) is 2.28. The predicted molar refractivity (Wildman–Crippen MR) is 74.8 cm³/mol. The predicted octanol–water partition coefficient (Wildman–Crippen LogP) is 3.62. The molecule has 1 N–H and O–H groups in total. The number of hydrogen-bond donors (Lipinski definition) is 1. The molecular weight excluding hydrogens is 268 g/mol. The van der Waals surface area contributed by atoms with Gasteiger partial charge in [0.15, 0.2) is 0 Å². The van der Waals surface area contributed by atoms with Crippen molar-refractivity contribution in [1.29, 1.82) is 0 Å². The molecule has 19 heavy (non-hydrogen) atoms. The highest BCUT2D eigenvalue weighted by molar-refractivity contribution is 6.31. The van der Waals surface area contributed by atoms with E-state index in [1.54, 1.807) is 6.07 Å². The molecule has 0 bridgehead atoms. The lowest BCUT2D eigenvalue weighted by atomic mass is 10.2. The minimum atomic E-state index is -0.420. The van der Waals surface area contributed by atoms with Crippen LogP contribution in [-0.2, 0) is 4.74 Å². The van der Waals surface area contributed by atoms with Crippen LogP contribution in [0.15, 0.2) is 18.2 Å². The van der Waals surface area contributed by atoms with Gasteiger partial charge in [-0.25, -0.2) is 0 Å². The second-order valence-electron chi connectivity index (χ2n) is 4.62. The lowest BCUT2D eigenvalue weighted by molar-refractivity contribution is -0.384. The Morgan fingerprint density at radius 3 is 2.84 bits per heavy atom. The van der Waals surface area contributed by atoms with Gasteiger partial charge in [-0.3, -0.25) is 10.1 Å². The van der Waals surface area contributed by atoms with Gasteiger partial charge in [-0.1, -0.05) is 24.4 Å². The number of benzene rings is 1. The van der Waals surface area contributed by atoms with Crippen LogP contribution in [0.3, 0.4) is 0 Å². The van der Waals surface area contributed by atoms with Gasteiger partial charge < -0.3 is 10.1 Å². The van der Waals surface area contributed by atoms with Gasteiger partial charge in [0.25, 0.3) is 5.69 Å². The zero-order chi connectivity index (χ0) is 13.7. The normalized spacial score (nSPS) is 15.6. The molecule has 1 saturated carbocycles. The van der Waals surface area contributed by atoms with Crippen molar-refractivity contribution in [2.45, 2.75) is 31.8 Å². The van der Waals surface area contributed by atoms with Gasteiger partial charge >= 0.3 is 0 Å². The zero-order valence-corrected chi connectivity index (χ0v) is 11.4. The summed E-state index contributed by atoms with van der Waals surface area (Å²) in [6, 6.07) is 4.48. The van der Waals surface area contributed by atoms with Crippen molar-refractivity contribution in [2.75, 3.05) is 18.5 Å². The summed E-state index contributed by atoms with van der Waals surface area (Å²) in [7, 11) is 0. The van der Waals surface area contributed by atoms with E-state index >= 15 is 0 Å². The smallest absolute Gasteiger partial charge is 0.292 e. The Labute approximate surface area is 117 Å². The molecule has 0 heterocycles. The first-order valence-corrected chi connectivity index (χ1v) is 6.84. The molecule has 0 spiro atoms. The van der Waals surface area contributed by atoms with Crippen LogP contribution >= 0.6 is 11.6 Å². The van der Waals surface area contributed by atoms with Crippen molar-refractivity contribution in [3.8, 4) is 0 Å². The van der Waals surface area contributed by atoms with Gasteiger partial charge in [0.2, 0.25) is 0 Å². The molecule has 0 amide bonds. The van der Waals surface area contributed by atoms with Crippen LogP contribution < -0.4 is 5.32 Å². The van der Waals surface area contributed by atoms with Gasteiger partial charge in [-0.05, 0) is 25.0 Å². The molecule has 0 radical (unpaired) electrons. The largest absolute Gasteiger partial charge is 0.377 e. The molecule has 1 aliphatic rings. The average molecular weight is 285 g/mol. The number of ether oxygens (including phenoxy) is 1. The molecule has 2 rings (SSSR count). The highest BCUT2D eigenvalue weighted by Gasteiger charge is 2.16. The van der Waals surface area contributed by atoms with E-state index in [0.717, 1.165) is 12.8 Å². The fourth-order valence-corrected chi connectivity index (χ4v) is 2.45. The summed E-state index contributed by atoms with van der Waals surface area (Å²) in [6.45, 7) is 1.09. The van der Waals surface area contributed by atoms with E-state index in [-0.39, 0.29) is 5.69 Å². The molecule has 0 unspecified atom stereocenters. The minimum Gasteiger partial charge on any atom is -0.377 e. The van der Waals surface area contributed by atoms with Crippen LogP contribution in [0.1, 0.15) is 25.7 Å². The number of rotatable bonds is 6. The van der Waals surface area contributed by atoms with E-state index in [1.807, 2.05) is 0 Å². The third-order valence-electron chi connectivity index (χ3n) is 3.23. The Balaban J connectivity index is 1.84. The van der Waals surface area contributed by atoms with E-state index in [1.165, 1.54) is 25.0 Å². The molecule has 6 heteroatoms. The third-order valence-corrected chi connectivity index (χ3v) is 3.46. The second-order valence-corrected chi connectivity index (χ2v) is 5.06. The summed E-state index contributed by atoms with van der Waals surface area (Å²) in [5.74, 6) is 0. The first kappa shape index (κ1) is 14.1. The monoisotopic (exact) mass is 284 g/mol. The van der Waals surface area contributed by atoms with E-state index in [2.05, 4.69) is 5.32 Å². The molecule has 1 aromatic rings. The Morgan fingerprint density at radius 1 is 1.42 bits per heavy atom. The number of nitrogens with one attached hydrogen (secondary N) is 1. The topological polar surface area (TPSA) is 64.4 Å². The van der Waals surface area contributed by atoms with Gasteiger partial charge in [0, 0.05) is 17.6 Å². The molecular formula is C13H17ClN2O3. The first-order valence-electron chi connectivity index (χ1n) is 6.46. The maximum atomic E-state index is 10.9. The van der Waals surface area contributed by atoms with Gasteiger partial charge in [-0.15, -0.1) is 0 Å². The number of nitro benzene ring substituents is 1. The number of hydrogen-bond acceptors (Lipinski definition) is 4. The maximum absolute atomic E-state index is 10.9. The highest BCUT2D eigenvalue weighted by Crippen LogP contribution is 2.27. The van der Waals surface area contributed by atoms with Crippen LogP contribution in [0.4, 0.5) is 11.4 Å². The molecule has 0 saturated heterocycles. The molecule has 104 valence electrons. The number of halogens is 1. The van der Waals surface area contributed by atoms with Gasteiger partial charge in [0.1, 0.15) is 5.69 Å². The molecule has 1 fully saturated rings.